The van der Waals surface area contributed by atoms with Crippen LogP contribution in [-0.4, -0.2) is 66.7 Å². The van der Waals surface area contributed by atoms with Gasteiger partial charge in [0, 0.05) is 13.1 Å². The molecule has 0 aromatic carbocycles. The zero-order chi connectivity index (χ0) is 14.6. The Balaban J connectivity index is 1.88. The van der Waals surface area contributed by atoms with E-state index in [2.05, 4.69) is 6.58 Å². The minimum atomic E-state index is -1.02. The van der Waals surface area contributed by atoms with Gasteiger partial charge in [-0.3, -0.25) is 0 Å². The quantitative estimate of drug-likeness (QED) is 0.766. The maximum atomic E-state index is 11.7. The minimum absolute atomic E-state index is 0.0716. The zero-order valence-corrected chi connectivity index (χ0v) is 11.2. The Kier molecular flexibility index (Phi) is 4.61. The Morgan fingerprint density at radius 2 is 2.15 bits per heavy atom. The Labute approximate surface area is 117 Å². The molecule has 20 heavy (non-hydrogen) atoms. The minimum Gasteiger partial charge on any atom is -0.479 e. The van der Waals surface area contributed by atoms with E-state index in [1.165, 1.54) is 6.08 Å². The van der Waals surface area contributed by atoms with Crippen LogP contribution < -0.4 is 0 Å². The van der Waals surface area contributed by atoms with Crippen LogP contribution in [0, 0.1) is 0 Å². The molecule has 2 saturated heterocycles. The Morgan fingerprint density at radius 1 is 1.45 bits per heavy atom. The van der Waals surface area contributed by atoms with Crippen molar-refractivity contribution in [1.82, 2.24) is 4.90 Å². The van der Waals surface area contributed by atoms with Gasteiger partial charge in [-0.25, -0.2) is 9.59 Å². The van der Waals surface area contributed by atoms with E-state index in [-0.39, 0.29) is 19.3 Å². The largest absolute Gasteiger partial charge is 0.479 e. The molecule has 1 spiro atoms. The van der Waals surface area contributed by atoms with Crippen molar-refractivity contribution in [2.24, 2.45) is 0 Å². The SMILES string of the molecule is C=CCOC(=O)N1CCC2(CC1)COCC(C(=O)O)O2. The first kappa shape index (κ1) is 14.8. The van der Waals surface area contributed by atoms with Crippen molar-refractivity contribution in [3.8, 4) is 0 Å². The number of carbonyl (C=O) groups is 2. The van der Waals surface area contributed by atoms with E-state index in [1.807, 2.05) is 0 Å². The average Bonchev–Trinajstić information content (AvgIpc) is 2.45. The van der Waals surface area contributed by atoms with Gasteiger partial charge in [0.25, 0.3) is 0 Å². The van der Waals surface area contributed by atoms with Gasteiger partial charge in [-0.2, -0.15) is 0 Å². The molecule has 0 saturated carbocycles. The monoisotopic (exact) mass is 285 g/mol. The van der Waals surface area contributed by atoms with Crippen LogP contribution in [0.25, 0.3) is 0 Å². The van der Waals surface area contributed by atoms with E-state index in [4.69, 9.17) is 19.3 Å². The molecule has 0 aromatic heterocycles. The highest BCUT2D eigenvalue weighted by Gasteiger charge is 2.43. The Morgan fingerprint density at radius 3 is 2.75 bits per heavy atom. The van der Waals surface area contributed by atoms with E-state index < -0.39 is 17.7 Å². The molecule has 0 aliphatic carbocycles. The lowest BCUT2D eigenvalue weighted by Gasteiger charge is -2.44. The maximum Gasteiger partial charge on any atom is 0.410 e. The van der Waals surface area contributed by atoms with Crippen molar-refractivity contribution in [1.29, 1.82) is 0 Å². The molecule has 112 valence electrons. The summed E-state index contributed by atoms with van der Waals surface area (Å²) in [4.78, 5) is 24.2. The van der Waals surface area contributed by atoms with Crippen molar-refractivity contribution in [2.45, 2.75) is 24.5 Å². The molecule has 1 amide bonds. The number of amides is 1. The summed E-state index contributed by atoms with van der Waals surface area (Å²) >= 11 is 0. The van der Waals surface area contributed by atoms with Crippen LogP contribution in [0.2, 0.25) is 0 Å². The maximum absolute atomic E-state index is 11.7. The summed E-state index contributed by atoms with van der Waals surface area (Å²) < 4.78 is 16.0. The fourth-order valence-electron chi connectivity index (χ4n) is 2.42. The topological polar surface area (TPSA) is 85.3 Å². The molecule has 2 aliphatic heterocycles. The van der Waals surface area contributed by atoms with Gasteiger partial charge in [0.15, 0.2) is 6.10 Å². The van der Waals surface area contributed by atoms with E-state index in [1.54, 1.807) is 4.90 Å². The molecule has 7 nitrogen and oxygen atoms in total. The van der Waals surface area contributed by atoms with Crippen LogP contribution in [0.15, 0.2) is 12.7 Å². The van der Waals surface area contributed by atoms with Gasteiger partial charge in [0.05, 0.1) is 18.8 Å². The lowest BCUT2D eigenvalue weighted by atomic mass is 9.91. The van der Waals surface area contributed by atoms with Gasteiger partial charge in [0.1, 0.15) is 6.61 Å². The van der Waals surface area contributed by atoms with Gasteiger partial charge >= 0.3 is 12.1 Å². The molecule has 1 N–H and O–H groups in total. The number of likely N-dealkylation sites (tertiary alicyclic amines) is 1. The molecular weight excluding hydrogens is 266 g/mol. The molecule has 0 radical (unpaired) electrons. The van der Waals surface area contributed by atoms with Crippen LogP contribution in [0.3, 0.4) is 0 Å². The number of hydrogen-bond donors (Lipinski definition) is 1. The average molecular weight is 285 g/mol. The summed E-state index contributed by atoms with van der Waals surface area (Å²) in [6.07, 6.45) is 1.29. The second kappa shape index (κ2) is 6.23. The molecule has 1 atom stereocenters. The van der Waals surface area contributed by atoms with E-state index >= 15 is 0 Å². The van der Waals surface area contributed by atoms with E-state index in [0.29, 0.717) is 32.5 Å². The van der Waals surface area contributed by atoms with Crippen LogP contribution in [-0.2, 0) is 19.0 Å². The highest BCUT2D eigenvalue weighted by Crippen LogP contribution is 2.31. The van der Waals surface area contributed by atoms with Crippen LogP contribution in [0.1, 0.15) is 12.8 Å². The molecule has 2 aliphatic rings. The predicted molar refractivity (Wildman–Crippen MR) is 68.4 cm³/mol. The highest BCUT2D eigenvalue weighted by atomic mass is 16.6. The summed E-state index contributed by atoms with van der Waals surface area (Å²) in [6, 6.07) is 0. The molecule has 2 rings (SSSR count). The smallest absolute Gasteiger partial charge is 0.410 e. The number of piperidine rings is 1. The van der Waals surface area contributed by atoms with Gasteiger partial charge < -0.3 is 24.2 Å². The van der Waals surface area contributed by atoms with Crippen LogP contribution in [0.4, 0.5) is 4.79 Å². The highest BCUT2D eigenvalue weighted by molar-refractivity contribution is 5.72. The van der Waals surface area contributed by atoms with Crippen molar-refractivity contribution in [3.05, 3.63) is 12.7 Å². The number of nitrogens with zero attached hydrogens (tertiary/aromatic N) is 1. The van der Waals surface area contributed by atoms with Gasteiger partial charge in [0.2, 0.25) is 0 Å². The summed E-state index contributed by atoms with van der Waals surface area (Å²) in [5, 5.41) is 8.99. The standard InChI is InChI=1S/C13H19NO6/c1-2-7-19-12(17)14-5-3-13(4-6-14)9-18-8-10(20-13)11(15)16/h2,10H,1,3-9H2,(H,15,16). The number of carboxylic acid groups (broad SMARTS) is 1. The Hall–Kier alpha value is -1.60. The normalized spacial score (nSPS) is 25.2. The molecule has 2 heterocycles. The van der Waals surface area contributed by atoms with Gasteiger partial charge in [-0.05, 0) is 12.8 Å². The first-order chi connectivity index (χ1) is 9.56. The number of aliphatic carboxylic acids is 1. The number of carbonyl (C=O) groups excluding carboxylic acids is 1. The molecule has 0 bridgehead atoms. The first-order valence-electron chi connectivity index (χ1n) is 6.57. The summed E-state index contributed by atoms with van der Waals surface area (Å²) in [6.45, 7) is 5.03. The van der Waals surface area contributed by atoms with E-state index in [9.17, 15) is 9.59 Å². The fraction of sp³-hybridized carbons (Fsp3) is 0.692. The predicted octanol–water partition coefficient (Wildman–Crippen LogP) is 0.644. The number of hydrogen-bond acceptors (Lipinski definition) is 5. The van der Waals surface area contributed by atoms with Crippen molar-refractivity contribution < 1.29 is 28.9 Å². The number of rotatable bonds is 3. The molecule has 1 unspecified atom stereocenters. The van der Waals surface area contributed by atoms with Crippen LogP contribution in [0.5, 0.6) is 0 Å². The lowest BCUT2D eigenvalue weighted by Crippen LogP contribution is -2.56. The van der Waals surface area contributed by atoms with Crippen molar-refractivity contribution >= 4 is 12.1 Å². The number of carboxylic acids is 1. The van der Waals surface area contributed by atoms with Gasteiger partial charge in [-0.15, -0.1) is 0 Å². The third-order valence-electron chi connectivity index (χ3n) is 3.56. The number of ether oxygens (including phenoxy) is 3. The molecule has 0 aromatic rings. The van der Waals surface area contributed by atoms with Crippen molar-refractivity contribution in [2.75, 3.05) is 32.9 Å². The van der Waals surface area contributed by atoms with Gasteiger partial charge in [-0.1, -0.05) is 12.7 Å². The second-order valence-corrected chi connectivity index (χ2v) is 5.00. The summed E-state index contributed by atoms with van der Waals surface area (Å²) in [5.74, 6) is -1.02. The lowest BCUT2D eigenvalue weighted by molar-refractivity contribution is -0.221. The van der Waals surface area contributed by atoms with Crippen LogP contribution >= 0.6 is 0 Å². The molecule has 7 heteroatoms. The van der Waals surface area contributed by atoms with Crippen molar-refractivity contribution in [3.63, 3.8) is 0 Å². The molecular formula is C13H19NO6. The second-order valence-electron chi connectivity index (χ2n) is 5.00. The summed E-state index contributed by atoms with van der Waals surface area (Å²) in [5.41, 5.74) is -0.601. The molecule has 2 fully saturated rings. The van der Waals surface area contributed by atoms with E-state index in [0.717, 1.165) is 0 Å². The zero-order valence-electron chi connectivity index (χ0n) is 11.2. The summed E-state index contributed by atoms with van der Waals surface area (Å²) in [7, 11) is 0. The Bertz CT molecular complexity index is 388. The third kappa shape index (κ3) is 3.29. The first-order valence-corrected chi connectivity index (χ1v) is 6.57. The fourth-order valence-corrected chi connectivity index (χ4v) is 2.42. The third-order valence-corrected chi connectivity index (χ3v) is 3.56.